The summed E-state index contributed by atoms with van der Waals surface area (Å²) in [5.41, 5.74) is 0. The van der Waals surface area contributed by atoms with Gasteiger partial charge in [0.25, 0.3) is 0 Å². The molecular formula is C18H26N4OS2. The molecule has 3 rings (SSSR count). The Labute approximate surface area is 157 Å². The lowest BCUT2D eigenvalue weighted by molar-refractivity contribution is -0.121. The predicted octanol–water partition coefficient (Wildman–Crippen LogP) is 3.79. The average Bonchev–Trinajstić information content (AvgIpc) is 3.14. The highest BCUT2D eigenvalue weighted by Crippen LogP contribution is 2.24. The van der Waals surface area contributed by atoms with E-state index in [1.165, 1.54) is 42.3 Å². The Hall–Kier alpha value is -1.34. The molecule has 1 saturated carbocycles. The summed E-state index contributed by atoms with van der Waals surface area (Å²) in [7, 11) is 1.97. The Balaban J connectivity index is 1.55. The molecule has 0 aliphatic heterocycles. The molecule has 1 N–H and O–H groups in total. The Morgan fingerprint density at radius 2 is 2.12 bits per heavy atom. The summed E-state index contributed by atoms with van der Waals surface area (Å²) in [5, 5.41) is 14.5. The topological polar surface area (TPSA) is 59.8 Å². The molecule has 1 aliphatic carbocycles. The van der Waals surface area contributed by atoms with Gasteiger partial charge in [0.05, 0.1) is 5.25 Å². The fourth-order valence-corrected chi connectivity index (χ4v) is 4.67. The first kappa shape index (κ1) is 18.5. The van der Waals surface area contributed by atoms with Crippen molar-refractivity contribution in [2.24, 2.45) is 7.05 Å². The van der Waals surface area contributed by atoms with Gasteiger partial charge in [-0.05, 0) is 31.2 Å². The Morgan fingerprint density at radius 3 is 2.80 bits per heavy atom. The van der Waals surface area contributed by atoms with Crippen LogP contribution in [0.1, 0.15) is 56.2 Å². The van der Waals surface area contributed by atoms with Crippen molar-refractivity contribution in [2.45, 2.75) is 68.3 Å². The van der Waals surface area contributed by atoms with Gasteiger partial charge >= 0.3 is 0 Å². The lowest BCUT2D eigenvalue weighted by Crippen LogP contribution is -2.39. The summed E-state index contributed by atoms with van der Waals surface area (Å²) in [4.78, 5) is 13.8. The normalized spacial score (nSPS) is 17.2. The molecule has 5 nitrogen and oxygen atoms in total. The molecule has 0 radical (unpaired) electrons. The van der Waals surface area contributed by atoms with E-state index in [-0.39, 0.29) is 11.2 Å². The van der Waals surface area contributed by atoms with E-state index in [1.807, 2.05) is 24.6 Å². The maximum absolute atomic E-state index is 12.5. The van der Waals surface area contributed by atoms with Gasteiger partial charge in [-0.15, -0.1) is 21.5 Å². The Kier molecular flexibility index (Phi) is 6.53. The highest BCUT2D eigenvalue weighted by molar-refractivity contribution is 8.00. The Bertz CT molecular complexity index is 675. The van der Waals surface area contributed by atoms with Crippen molar-refractivity contribution in [3.63, 3.8) is 0 Å². The van der Waals surface area contributed by atoms with E-state index >= 15 is 0 Å². The molecule has 0 saturated heterocycles. The number of rotatable bonds is 6. The number of carbonyl (C=O) groups excluding carboxylic acids is 1. The zero-order chi connectivity index (χ0) is 17.6. The quantitative estimate of drug-likeness (QED) is 0.614. The summed E-state index contributed by atoms with van der Waals surface area (Å²) in [6.45, 7) is 1.95. The zero-order valence-electron chi connectivity index (χ0n) is 14.9. The number of thiophene rings is 1. The highest BCUT2D eigenvalue weighted by atomic mass is 32.2. The van der Waals surface area contributed by atoms with Gasteiger partial charge in [0.15, 0.2) is 5.16 Å². The number of thioether (sulfide) groups is 1. The van der Waals surface area contributed by atoms with Crippen molar-refractivity contribution in [3.8, 4) is 0 Å². The van der Waals surface area contributed by atoms with Gasteiger partial charge in [0.2, 0.25) is 5.91 Å². The zero-order valence-corrected chi connectivity index (χ0v) is 16.5. The van der Waals surface area contributed by atoms with Crippen LogP contribution in [0.3, 0.4) is 0 Å². The highest BCUT2D eigenvalue weighted by Gasteiger charge is 2.22. The van der Waals surface area contributed by atoms with Crippen LogP contribution < -0.4 is 5.32 Å². The maximum atomic E-state index is 12.5. The summed E-state index contributed by atoms with van der Waals surface area (Å²) < 4.78 is 2.00. The average molecular weight is 379 g/mol. The van der Waals surface area contributed by atoms with Crippen molar-refractivity contribution in [1.82, 2.24) is 20.1 Å². The van der Waals surface area contributed by atoms with Crippen LogP contribution in [0.5, 0.6) is 0 Å². The lowest BCUT2D eigenvalue weighted by Gasteiger charge is -2.19. The molecule has 0 bridgehead atoms. The molecule has 1 amide bonds. The minimum absolute atomic E-state index is 0.111. The summed E-state index contributed by atoms with van der Waals surface area (Å²) in [5.74, 6) is 1.04. The van der Waals surface area contributed by atoms with Crippen molar-refractivity contribution < 1.29 is 4.79 Å². The molecular weight excluding hydrogens is 352 g/mol. The third kappa shape index (κ3) is 5.07. The van der Waals surface area contributed by atoms with Crippen LogP contribution in [-0.2, 0) is 18.3 Å². The lowest BCUT2D eigenvalue weighted by atomic mass is 10.1. The van der Waals surface area contributed by atoms with Gasteiger partial charge < -0.3 is 9.88 Å². The Morgan fingerprint density at radius 1 is 1.36 bits per heavy atom. The van der Waals surface area contributed by atoms with Gasteiger partial charge in [0.1, 0.15) is 5.82 Å². The number of carbonyl (C=O) groups is 1. The predicted molar refractivity (Wildman–Crippen MR) is 103 cm³/mol. The number of nitrogens with zero attached hydrogens (tertiary/aromatic N) is 3. The molecule has 2 heterocycles. The number of hydrogen-bond acceptors (Lipinski definition) is 5. The van der Waals surface area contributed by atoms with Crippen LogP contribution in [0, 0.1) is 0 Å². The third-order valence-electron chi connectivity index (χ3n) is 4.69. The summed E-state index contributed by atoms with van der Waals surface area (Å²) in [6.07, 6.45) is 8.04. The maximum Gasteiger partial charge on any atom is 0.233 e. The summed E-state index contributed by atoms with van der Waals surface area (Å²) >= 11 is 3.21. The smallest absolute Gasteiger partial charge is 0.233 e. The standard InChI is InChI=1S/C18H26N4OS2/c1-13(17(23)19-14-8-5-3-4-6-9-14)25-18-21-20-16(22(18)2)12-15-10-7-11-24-15/h7,10-11,13-14H,3-6,8-9,12H2,1-2H3,(H,19,23)/t13-/m1/s1. The van der Waals surface area contributed by atoms with Crippen LogP contribution in [0.25, 0.3) is 0 Å². The van der Waals surface area contributed by atoms with Crippen LogP contribution in [-0.4, -0.2) is 32.0 Å². The largest absolute Gasteiger partial charge is 0.352 e. The molecule has 136 valence electrons. The van der Waals surface area contributed by atoms with Gasteiger partial charge in [0, 0.05) is 24.4 Å². The van der Waals surface area contributed by atoms with E-state index < -0.39 is 0 Å². The molecule has 1 atom stereocenters. The van der Waals surface area contributed by atoms with E-state index in [0.29, 0.717) is 6.04 Å². The fourth-order valence-electron chi connectivity index (χ4n) is 3.12. The van der Waals surface area contributed by atoms with Crippen LogP contribution in [0.15, 0.2) is 22.7 Å². The van der Waals surface area contributed by atoms with E-state index in [2.05, 4.69) is 27.0 Å². The second-order valence-corrected chi connectivity index (χ2v) is 9.01. The van der Waals surface area contributed by atoms with Crippen LogP contribution >= 0.6 is 23.1 Å². The van der Waals surface area contributed by atoms with E-state index in [0.717, 1.165) is 30.2 Å². The van der Waals surface area contributed by atoms with Gasteiger partial charge in [-0.2, -0.15) is 0 Å². The van der Waals surface area contributed by atoms with Crippen molar-refractivity contribution >= 4 is 29.0 Å². The molecule has 0 unspecified atom stereocenters. The molecule has 1 fully saturated rings. The second-order valence-electron chi connectivity index (χ2n) is 6.67. The molecule has 2 aromatic rings. The number of amides is 1. The van der Waals surface area contributed by atoms with Gasteiger partial charge in [-0.25, -0.2) is 0 Å². The number of hydrogen-bond donors (Lipinski definition) is 1. The van der Waals surface area contributed by atoms with Gasteiger partial charge in [-0.3, -0.25) is 4.79 Å². The van der Waals surface area contributed by atoms with Crippen molar-refractivity contribution in [3.05, 3.63) is 28.2 Å². The monoisotopic (exact) mass is 378 g/mol. The SMILES string of the molecule is C[C@@H](Sc1nnc(Cc2cccs2)n1C)C(=O)NC1CCCCCC1. The summed E-state index contributed by atoms with van der Waals surface area (Å²) in [6, 6.07) is 4.49. The number of nitrogens with one attached hydrogen (secondary N) is 1. The van der Waals surface area contributed by atoms with Crippen molar-refractivity contribution in [2.75, 3.05) is 0 Å². The third-order valence-corrected chi connectivity index (χ3v) is 6.70. The van der Waals surface area contributed by atoms with Crippen LogP contribution in [0.2, 0.25) is 0 Å². The molecule has 2 aromatic heterocycles. The molecule has 0 spiro atoms. The minimum atomic E-state index is -0.166. The molecule has 0 aromatic carbocycles. The first-order chi connectivity index (χ1) is 12.1. The fraction of sp³-hybridized carbons (Fsp3) is 0.611. The number of aromatic nitrogens is 3. The molecule has 25 heavy (non-hydrogen) atoms. The van der Waals surface area contributed by atoms with E-state index in [1.54, 1.807) is 11.3 Å². The molecule has 1 aliphatic rings. The van der Waals surface area contributed by atoms with E-state index in [4.69, 9.17) is 0 Å². The van der Waals surface area contributed by atoms with Crippen molar-refractivity contribution in [1.29, 1.82) is 0 Å². The minimum Gasteiger partial charge on any atom is -0.352 e. The van der Waals surface area contributed by atoms with Gasteiger partial charge in [-0.1, -0.05) is 43.5 Å². The second kappa shape index (κ2) is 8.85. The van der Waals surface area contributed by atoms with E-state index in [9.17, 15) is 4.79 Å². The first-order valence-corrected chi connectivity index (χ1v) is 10.8. The molecule has 7 heteroatoms. The van der Waals surface area contributed by atoms with Crippen LogP contribution in [0.4, 0.5) is 0 Å². The first-order valence-electron chi connectivity index (χ1n) is 9.01.